The summed E-state index contributed by atoms with van der Waals surface area (Å²) in [6, 6.07) is 2.99. The van der Waals surface area contributed by atoms with Crippen molar-refractivity contribution in [3.05, 3.63) is 44.8 Å². The third-order valence-corrected chi connectivity index (χ3v) is 6.56. The number of hydrogen-bond donors (Lipinski definition) is 2. The average Bonchev–Trinajstić information content (AvgIpc) is 2.96. The molecular weight excluding hydrogens is 352 g/mol. The van der Waals surface area contributed by atoms with Crippen LogP contribution >= 0.6 is 11.3 Å². The summed E-state index contributed by atoms with van der Waals surface area (Å²) in [6.45, 7) is 2.27. The fraction of sp³-hybridized carbons (Fsp3) is 0.357. The number of aromatic amines is 1. The minimum Gasteiger partial charge on any atom is -0.328 e. The number of anilines is 1. The van der Waals surface area contributed by atoms with E-state index in [0.717, 1.165) is 10.6 Å². The topological polar surface area (TPSA) is 112 Å². The number of H-pyrrole nitrogens is 1. The van der Waals surface area contributed by atoms with E-state index in [2.05, 4.69) is 15.3 Å². The number of nitrogens with one attached hydrogen (secondary N) is 2. The summed E-state index contributed by atoms with van der Waals surface area (Å²) in [5, 5.41) is 2.97. The van der Waals surface area contributed by atoms with Gasteiger partial charge in [0.05, 0.1) is 11.4 Å². The molecule has 0 fully saturated rings. The Kier molecular flexibility index (Phi) is 4.52. The largest absolute Gasteiger partial charge is 0.328 e. The number of sulfonamides is 1. The van der Waals surface area contributed by atoms with Gasteiger partial charge in [-0.2, -0.15) is 4.31 Å². The van der Waals surface area contributed by atoms with Crippen LogP contribution in [0.2, 0.25) is 0 Å². The van der Waals surface area contributed by atoms with Crippen LogP contribution < -0.4 is 10.9 Å². The zero-order valence-corrected chi connectivity index (χ0v) is 14.5. The summed E-state index contributed by atoms with van der Waals surface area (Å²) in [4.78, 5) is 31.4. The zero-order chi connectivity index (χ0) is 17.3. The number of thiazole rings is 1. The summed E-state index contributed by atoms with van der Waals surface area (Å²) in [7, 11) is -3.25. The van der Waals surface area contributed by atoms with Gasteiger partial charge in [0, 0.05) is 30.6 Å². The highest BCUT2D eigenvalue weighted by Gasteiger charge is 2.28. The Bertz CT molecular complexity index is 932. The van der Waals surface area contributed by atoms with Gasteiger partial charge in [-0.15, -0.1) is 11.3 Å². The lowest BCUT2D eigenvalue weighted by Gasteiger charge is -2.24. The van der Waals surface area contributed by atoms with E-state index in [1.807, 2.05) is 0 Å². The first-order valence-electron chi connectivity index (χ1n) is 7.36. The van der Waals surface area contributed by atoms with Crippen LogP contribution in [0.5, 0.6) is 0 Å². The van der Waals surface area contributed by atoms with E-state index in [0.29, 0.717) is 18.1 Å². The number of rotatable bonds is 4. The first-order valence-corrected chi connectivity index (χ1v) is 9.78. The van der Waals surface area contributed by atoms with Crippen LogP contribution in [-0.4, -0.2) is 40.9 Å². The molecule has 0 aromatic carbocycles. The first-order chi connectivity index (χ1) is 11.4. The fourth-order valence-corrected chi connectivity index (χ4v) is 4.57. The van der Waals surface area contributed by atoms with Crippen LogP contribution in [0.15, 0.2) is 23.1 Å². The Labute approximate surface area is 142 Å². The van der Waals surface area contributed by atoms with Crippen molar-refractivity contribution in [1.29, 1.82) is 0 Å². The smallest absolute Gasteiger partial charge is 0.263 e. The summed E-state index contributed by atoms with van der Waals surface area (Å²) in [5.74, 6) is -0.484. The van der Waals surface area contributed by atoms with Gasteiger partial charge in [-0.05, 0) is 19.1 Å². The van der Waals surface area contributed by atoms with Crippen molar-refractivity contribution in [2.24, 2.45) is 0 Å². The third kappa shape index (κ3) is 3.25. The first kappa shape index (κ1) is 16.8. The number of nitrogens with zero attached hydrogens (tertiary/aromatic N) is 2. The normalized spacial score (nSPS) is 15.0. The van der Waals surface area contributed by atoms with Gasteiger partial charge in [0.25, 0.3) is 11.5 Å². The molecule has 0 radical (unpaired) electrons. The molecule has 0 spiro atoms. The fourth-order valence-electron chi connectivity index (χ4n) is 2.41. The number of carbonyl (C=O) groups excluding carboxylic acids is 1. The van der Waals surface area contributed by atoms with Gasteiger partial charge in [-0.3, -0.25) is 14.9 Å². The van der Waals surface area contributed by atoms with E-state index < -0.39 is 21.5 Å². The molecule has 0 unspecified atom stereocenters. The van der Waals surface area contributed by atoms with Crippen molar-refractivity contribution >= 4 is 32.4 Å². The molecule has 1 aliphatic rings. The monoisotopic (exact) mass is 368 g/mol. The molecule has 0 saturated heterocycles. The highest BCUT2D eigenvalue weighted by atomic mass is 32.2. The number of pyridine rings is 1. The molecule has 0 saturated carbocycles. The number of hydrogen-bond acceptors (Lipinski definition) is 6. The highest BCUT2D eigenvalue weighted by Crippen LogP contribution is 2.29. The van der Waals surface area contributed by atoms with E-state index in [-0.39, 0.29) is 17.9 Å². The van der Waals surface area contributed by atoms with Crippen molar-refractivity contribution < 1.29 is 13.2 Å². The van der Waals surface area contributed by atoms with Crippen LogP contribution in [0.3, 0.4) is 0 Å². The van der Waals surface area contributed by atoms with Crippen LogP contribution in [0.25, 0.3) is 0 Å². The maximum absolute atomic E-state index is 12.1. The van der Waals surface area contributed by atoms with Crippen molar-refractivity contribution in [3.8, 4) is 0 Å². The predicted octanol–water partition coefficient (Wildman–Crippen LogP) is 0.791. The highest BCUT2D eigenvalue weighted by molar-refractivity contribution is 7.89. The van der Waals surface area contributed by atoms with Crippen molar-refractivity contribution in [2.75, 3.05) is 17.6 Å². The third-order valence-electron chi connectivity index (χ3n) is 3.74. The standard InChI is InChI=1S/C14H16N4O4S2/c1-2-24(21,22)18-7-5-10-11(8-18)23-14(16-10)17-13(20)9-4-3-6-15-12(9)19/h3-4,6H,2,5,7-8H2,1H3,(H,15,19)(H,16,17,20). The molecule has 2 aromatic rings. The van der Waals surface area contributed by atoms with Crippen molar-refractivity contribution in [1.82, 2.24) is 14.3 Å². The van der Waals surface area contributed by atoms with Crippen LogP contribution in [0.4, 0.5) is 5.13 Å². The van der Waals surface area contributed by atoms with Crippen molar-refractivity contribution in [2.45, 2.75) is 19.9 Å². The maximum Gasteiger partial charge on any atom is 0.263 e. The number of amides is 1. The molecule has 24 heavy (non-hydrogen) atoms. The second kappa shape index (κ2) is 6.46. The molecule has 3 heterocycles. The van der Waals surface area contributed by atoms with Gasteiger partial charge < -0.3 is 4.98 Å². The van der Waals surface area contributed by atoms with Crippen LogP contribution in [0, 0.1) is 0 Å². The minimum atomic E-state index is -3.25. The number of fused-ring (bicyclic) bond motifs is 1. The molecule has 1 aliphatic heterocycles. The minimum absolute atomic E-state index is 0.000796. The van der Waals surface area contributed by atoms with E-state index in [4.69, 9.17) is 0 Å². The van der Waals surface area contributed by atoms with E-state index in [1.165, 1.54) is 27.9 Å². The summed E-state index contributed by atoms with van der Waals surface area (Å²) < 4.78 is 25.4. The average molecular weight is 368 g/mol. The molecule has 10 heteroatoms. The van der Waals surface area contributed by atoms with Gasteiger partial charge in [-0.1, -0.05) is 0 Å². The molecule has 3 rings (SSSR count). The molecule has 1 amide bonds. The lowest BCUT2D eigenvalue weighted by molar-refractivity contribution is 0.102. The molecule has 8 nitrogen and oxygen atoms in total. The Balaban J connectivity index is 1.78. The summed E-state index contributed by atoms with van der Waals surface area (Å²) in [6.07, 6.45) is 1.96. The van der Waals surface area contributed by atoms with Gasteiger partial charge in [0.2, 0.25) is 10.0 Å². The van der Waals surface area contributed by atoms with E-state index in [9.17, 15) is 18.0 Å². The SMILES string of the molecule is CCS(=O)(=O)N1CCc2nc(NC(=O)c3ccc[nH]c3=O)sc2C1. The second-order valence-corrected chi connectivity index (χ2v) is 8.58. The van der Waals surface area contributed by atoms with Gasteiger partial charge in [0.15, 0.2) is 5.13 Å². The molecule has 128 valence electrons. The van der Waals surface area contributed by atoms with E-state index >= 15 is 0 Å². The van der Waals surface area contributed by atoms with E-state index in [1.54, 1.807) is 13.0 Å². The Morgan fingerprint density at radius 1 is 1.50 bits per heavy atom. The summed E-state index contributed by atoms with van der Waals surface area (Å²) >= 11 is 1.23. The molecular formula is C14H16N4O4S2. The molecule has 0 aliphatic carbocycles. The molecule has 2 aromatic heterocycles. The van der Waals surface area contributed by atoms with Crippen LogP contribution in [0.1, 0.15) is 27.9 Å². The quantitative estimate of drug-likeness (QED) is 0.829. The lowest BCUT2D eigenvalue weighted by atomic mass is 10.2. The van der Waals surface area contributed by atoms with Gasteiger partial charge in [0.1, 0.15) is 5.56 Å². The van der Waals surface area contributed by atoms with Crippen LogP contribution in [-0.2, 0) is 23.0 Å². The van der Waals surface area contributed by atoms with Gasteiger partial charge >= 0.3 is 0 Å². The second-order valence-electron chi connectivity index (χ2n) is 5.24. The lowest BCUT2D eigenvalue weighted by Crippen LogP contribution is -2.36. The predicted molar refractivity (Wildman–Crippen MR) is 90.7 cm³/mol. The zero-order valence-electron chi connectivity index (χ0n) is 12.9. The molecule has 2 N–H and O–H groups in total. The Morgan fingerprint density at radius 2 is 2.29 bits per heavy atom. The Morgan fingerprint density at radius 3 is 3.00 bits per heavy atom. The number of aromatic nitrogens is 2. The Hall–Kier alpha value is -2.04. The summed E-state index contributed by atoms with van der Waals surface area (Å²) in [5.41, 5.74) is 0.317. The molecule has 0 atom stereocenters. The number of carbonyl (C=O) groups is 1. The maximum atomic E-state index is 12.1. The van der Waals surface area contributed by atoms with Crippen molar-refractivity contribution in [3.63, 3.8) is 0 Å². The van der Waals surface area contributed by atoms with Gasteiger partial charge in [-0.25, -0.2) is 13.4 Å². The molecule has 0 bridgehead atoms.